The Kier molecular flexibility index (Phi) is 7.11. The quantitative estimate of drug-likeness (QED) is 0.378. The maximum Gasteiger partial charge on any atom is 0.265 e. The topological polar surface area (TPSA) is 109 Å². The molecule has 194 valence electrons. The number of likely N-dealkylation sites (tertiary alicyclic amines) is 1. The van der Waals surface area contributed by atoms with Crippen LogP contribution >= 0.6 is 11.6 Å². The van der Waals surface area contributed by atoms with Gasteiger partial charge in [0.05, 0.1) is 5.69 Å². The van der Waals surface area contributed by atoms with Gasteiger partial charge in [-0.05, 0) is 47.9 Å². The maximum atomic E-state index is 13.5. The predicted octanol–water partition coefficient (Wildman–Crippen LogP) is 3.56. The van der Waals surface area contributed by atoms with E-state index in [1.54, 1.807) is 42.4 Å². The molecule has 0 atom stereocenters. The summed E-state index contributed by atoms with van der Waals surface area (Å²) in [5.74, 6) is 0.411. The summed E-state index contributed by atoms with van der Waals surface area (Å²) in [5, 5.41) is 6.96. The summed E-state index contributed by atoms with van der Waals surface area (Å²) in [6.45, 7) is 3.39. The lowest BCUT2D eigenvalue weighted by Crippen LogP contribution is -2.50. The summed E-state index contributed by atoms with van der Waals surface area (Å²) in [7, 11) is 1.79. The van der Waals surface area contributed by atoms with Gasteiger partial charge in [0.2, 0.25) is 5.91 Å². The van der Waals surface area contributed by atoms with Gasteiger partial charge in [-0.15, -0.1) is 0 Å². The molecule has 0 unspecified atom stereocenters. The number of hydrogen-bond acceptors (Lipinski definition) is 6. The Morgan fingerprint density at radius 1 is 1.11 bits per heavy atom. The fourth-order valence-corrected chi connectivity index (χ4v) is 4.59. The number of anilines is 1. The first-order valence-corrected chi connectivity index (χ1v) is 12.7. The number of carbonyl (C=O) groups is 2. The van der Waals surface area contributed by atoms with E-state index in [-0.39, 0.29) is 24.6 Å². The van der Waals surface area contributed by atoms with E-state index in [2.05, 4.69) is 27.5 Å². The van der Waals surface area contributed by atoms with E-state index in [1.165, 1.54) is 10.6 Å². The van der Waals surface area contributed by atoms with Crippen molar-refractivity contribution in [1.29, 1.82) is 0 Å². The largest absolute Gasteiger partial charge is 0.373 e. The fourth-order valence-electron chi connectivity index (χ4n) is 4.47. The van der Waals surface area contributed by atoms with Crippen molar-refractivity contribution >= 4 is 40.3 Å². The Labute approximate surface area is 224 Å². The van der Waals surface area contributed by atoms with Crippen molar-refractivity contribution in [2.24, 2.45) is 5.92 Å². The van der Waals surface area contributed by atoms with E-state index in [4.69, 9.17) is 11.6 Å². The minimum atomic E-state index is -0.566. The molecule has 4 aromatic rings. The number of aromatic nitrogens is 3. The first kappa shape index (κ1) is 25.4. The second-order valence-corrected chi connectivity index (χ2v) is 9.89. The number of halogens is 1. The van der Waals surface area contributed by atoms with Gasteiger partial charge in [-0.25, -0.2) is 9.97 Å². The number of pyridine rings is 3. The Balaban J connectivity index is 1.53. The molecule has 1 fully saturated rings. The zero-order valence-electron chi connectivity index (χ0n) is 21.1. The van der Waals surface area contributed by atoms with Gasteiger partial charge in [-0.1, -0.05) is 36.7 Å². The zero-order chi connectivity index (χ0) is 26.8. The first-order chi connectivity index (χ1) is 18.3. The number of carbonyl (C=O) groups excluding carboxylic acids is 2. The van der Waals surface area contributed by atoms with Crippen LogP contribution in [-0.2, 0) is 17.9 Å². The molecule has 5 rings (SSSR count). The van der Waals surface area contributed by atoms with Crippen molar-refractivity contribution in [1.82, 2.24) is 24.8 Å². The Bertz CT molecular complexity index is 1580. The van der Waals surface area contributed by atoms with E-state index in [0.29, 0.717) is 46.6 Å². The van der Waals surface area contributed by atoms with Gasteiger partial charge >= 0.3 is 0 Å². The van der Waals surface area contributed by atoms with Gasteiger partial charge in [-0.2, -0.15) is 0 Å². The summed E-state index contributed by atoms with van der Waals surface area (Å²) in [5.41, 5.74) is 1.94. The molecule has 2 N–H and O–H groups in total. The van der Waals surface area contributed by atoms with E-state index in [1.807, 2.05) is 24.3 Å². The van der Waals surface area contributed by atoms with E-state index >= 15 is 0 Å². The summed E-state index contributed by atoms with van der Waals surface area (Å²) in [4.78, 5) is 50.4. The molecular weight excluding hydrogens is 504 g/mol. The van der Waals surface area contributed by atoms with Crippen molar-refractivity contribution < 1.29 is 9.59 Å². The van der Waals surface area contributed by atoms with Gasteiger partial charge in [-0.3, -0.25) is 19.0 Å². The Morgan fingerprint density at radius 3 is 2.58 bits per heavy atom. The van der Waals surface area contributed by atoms with Crippen LogP contribution in [0.3, 0.4) is 0 Å². The first-order valence-electron chi connectivity index (χ1n) is 12.3. The monoisotopic (exact) mass is 530 g/mol. The van der Waals surface area contributed by atoms with Crippen molar-refractivity contribution in [2.75, 3.05) is 25.5 Å². The highest BCUT2D eigenvalue weighted by Crippen LogP contribution is 2.23. The number of nitrogens with one attached hydrogen (secondary N) is 2. The molecule has 10 heteroatoms. The minimum absolute atomic E-state index is 0.0628. The van der Waals surface area contributed by atoms with E-state index in [0.717, 1.165) is 11.1 Å². The molecule has 1 saturated heterocycles. The number of benzene rings is 1. The lowest BCUT2D eigenvalue weighted by Gasteiger charge is -2.37. The van der Waals surface area contributed by atoms with Gasteiger partial charge in [0.15, 0.2) is 0 Å². The lowest BCUT2D eigenvalue weighted by atomic mass is 10.0. The van der Waals surface area contributed by atoms with Crippen LogP contribution in [0.4, 0.5) is 5.82 Å². The third kappa shape index (κ3) is 5.24. The average Bonchev–Trinajstić information content (AvgIpc) is 2.91. The van der Waals surface area contributed by atoms with Crippen molar-refractivity contribution in [3.63, 3.8) is 0 Å². The standard InChI is InChI=1S/C28H27ClN6O3/c1-17-14-34(15-17)25(36)16-35-26-19(10-20(13-31-26)23-4-3-5-24(30-2)33-23)11-22(28(35)38)27(37)32-12-18-6-8-21(29)9-7-18/h3-11,13,17H,12,14-16H2,1-2H3,(H,30,33)(H,32,37). The third-order valence-corrected chi connectivity index (χ3v) is 6.80. The van der Waals surface area contributed by atoms with Gasteiger partial charge in [0.1, 0.15) is 23.6 Å². The number of hydrogen-bond donors (Lipinski definition) is 2. The Morgan fingerprint density at radius 2 is 1.87 bits per heavy atom. The molecule has 3 aromatic heterocycles. The molecule has 9 nitrogen and oxygen atoms in total. The average molecular weight is 531 g/mol. The molecule has 38 heavy (non-hydrogen) atoms. The molecule has 4 heterocycles. The smallest absolute Gasteiger partial charge is 0.265 e. The van der Waals surface area contributed by atoms with Crippen LogP contribution in [0.15, 0.2) is 65.6 Å². The van der Waals surface area contributed by atoms with Crippen LogP contribution in [-0.4, -0.2) is 51.4 Å². The van der Waals surface area contributed by atoms with Crippen LogP contribution in [0.5, 0.6) is 0 Å². The summed E-state index contributed by atoms with van der Waals surface area (Å²) in [6, 6.07) is 16.0. The molecule has 0 saturated carbocycles. The summed E-state index contributed by atoms with van der Waals surface area (Å²) in [6.07, 6.45) is 1.62. The van der Waals surface area contributed by atoms with E-state index < -0.39 is 11.5 Å². The molecule has 0 aliphatic carbocycles. The SMILES string of the molecule is CNc1cccc(-c2cnc3c(c2)cc(C(=O)NCc2ccc(Cl)cc2)c(=O)n3CC(=O)N2CC(C)C2)n1. The summed E-state index contributed by atoms with van der Waals surface area (Å²) < 4.78 is 1.29. The molecule has 1 aliphatic rings. The van der Waals surface area contributed by atoms with Crippen LogP contribution in [0, 0.1) is 5.92 Å². The van der Waals surface area contributed by atoms with Crippen LogP contribution in [0.2, 0.25) is 5.02 Å². The van der Waals surface area contributed by atoms with Gasteiger partial charge in [0.25, 0.3) is 11.5 Å². The van der Waals surface area contributed by atoms with Crippen LogP contribution in [0.25, 0.3) is 22.3 Å². The molecular formula is C28H27ClN6O3. The third-order valence-electron chi connectivity index (χ3n) is 6.55. The van der Waals surface area contributed by atoms with Gasteiger partial charge < -0.3 is 15.5 Å². The van der Waals surface area contributed by atoms with E-state index in [9.17, 15) is 14.4 Å². The highest BCUT2D eigenvalue weighted by Gasteiger charge is 2.28. The molecule has 1 aromatic carbocycles. The molecule has 0 bridgehead atoms. The molecule has 2 amide bonds. The van der Waals surface area contributed by atoms with Crippen molar-refractivity contribution in [3.05, 3.63) is 87.3 Å². The molecule has 0 spiro atoms. The highest BCUT2D eigenvalue weighted by atomic mass is 35.5. The molecule has 1 aliphatic heterocycles. The second kappa shape index (κ2) is 10.6. The lowest BCUT2D eigenvalue weighted by molar-refractivity contribution is -0.137. The highest BCUT2D eigenvalue weighted by molar-refractivity contribution is 6.30. The predicted molar refractivity (Wildman–Crippen MR) is 147 cm³/mol. The normalized spacial score (nSPS) is 13.3. The fraction of sp³-hybridized carbons (Fsp3) is 0.250. The number of amides is 2. The van der Waals surface area contributed by atoms with Crippen LogP contribution < -0.4 is 16.2 Å². The summed E-state index contributed by atoms with van der Waals surface area (Å²) >= 11 is 5.95. The number of nitrogens with zero attached hydrogens (tertiary/aromatic N) is 4. The zero-order valence-corrected chi connectivity index (χ0v) is 21.8. The molecule has 0 radical (unpaired) electrons. The number of fused-ring (bicyclic) bond motifs is 1. The Hall–Kier alpha value is -4.24. The van der Waals surface area contributed by atoms with Crippen molar-refractivity contribution in [3.8, 4) is 11.3 Å². The van der Waals surface area contributed by atoms with Gasteiger partial charge in [0, 0.05) is 48.9 Å². The van der Waals surface area contributed by atoms with Crippen LogP contribution in [0.1, 0.15) is 22.8 Å². The minimum Gasteiger partial charge on any atom is -0.373 e. The second-order valence-electron chi connectivity index (χ2n) is 9.46. The number of rotatable bonds is 7. The maximum absolute atomic E-state index is 13.5. The van der Waals surface area contributed by atoms with Crippen molar-refractivity contribution in [2.45, 2.75) is 20.0 Å².